The van der Waals surface area contributed by atoms with E-state index in [0.717, 1.165) is 30.6 Å². The first-order valence-electron chi connectivity index (χ1n) is 7.27. The van der Waals surface area contributed by atoms with Crippen LogP contribution in [0.4, 0.5) is 0 Å². The average molecular weight is 314 g/mol. The summed E-state index contributed by atoms with van der Waals surface area (Å²) in [5.74, 6) is 0.0221. The van der Waals surface area contributed by atoms with E-state index in [1.54, 1.807) is 0 Å². The van der Waals surface area contributed by atoms with Crippen molar-refractivity contribution in [2.75, 3.05) is 33.7 Å². The molecule has 1 aromatic carbocycles. The van der Waals surface area contributed by atoms with Crippen molar-refractivity contribution in [1.82, 2.24) is 15.5 Å². The molecule has 1 rings (SSSR count). The molecule has 0 saturated heterocycles. The molecule has 1 amide bonds. The van der Waals surface area contributed by atoms with Gasteiger partial charge in [-0.1, -0.05) is 18.2 Å². The summed E-state index contributed by atoms with van der Waals surface area (Å²) in [7, 11) is 3.99. The van der Waals surface area contributed by atoms with Crippen LogP contribution in [0, 0.1) is 0 Å². The smallest absolute Gasteiger partial charge is 0.251 e. The molecule has 2 N–H and O–H groups in total. The molecule has 0 atom stereocenters. The summed E-state index contributed by atoms with van der Waals surface area (Å²) >= 11 is 0. The molecular formula is C16H28ClN3O. The summed E-state index contributed by atoms with van der Waals surface area (Å²) in [6, 6.07) is 8.31. The van der Waals surface area contributed by atoms with Crippen molar-refractivity contribution in [2.24, 2.45) is 0 Å². The van der Waals surface area contributed by atoms with E-state index < -0.39 is 0 Å². The molecule has 0 spiro atoms. The fourth-order valence-corrected chi connectivity index (χ4v) is 1.92. The molecule has 0 radical (unpaired) electrons. The number of amides is 1. The van der Waals surface area contributed by atoms with Crippen molar-refractivity contribution in [3.63, 3.8) is 0 Å². The monoisotopic (exact) mass is 313 g/mol. The highest BCUT2D eigenvalue weighted by molar-refractivity contribution is 5.95. The second-order valence-corrected chi connectivity index (χ2v) is 5.34. The molecule has 5 heteroatoms. The number of nitrogens with one attached hydrogen (secondary N) is 2. The van der Waals surface area contributed by atoms with Gasteiger partial charge in [0.25, 0.3) is 5.91 Å². The Hall–Kier alpha value is -1.10. The molecule has 120 valence electrons. The van der Waals surface area contributed by atoms with Crippen molar-refractivity contribution in [3.8, 4) is 0 Å². The third-order valence-corrected chi connectivity index (χ3v) is 3.54. The Bertz CT molecular complexity index is 424. The Balaban J connectivity index is 0.00000400. The standard InChI is InChI=1S/C16H27N3O.ClH/c1-13(2)19(4)12-11-18-16(20)15-8-6-5-7-14(15)9-10-17-3;/h5-8,13,17H,9-12H2,1-4H3,(H,18,20);1H. The number of hydrogen-bond acceptors (Lipinski definition) is 3. The highest BCUT2D eigenvalue weighted by Crippen LogP contribution is 2.09. The van der Waals surface area contributed by atoms with Gasteiger partial charge in [-0.15, -0.1) is 12.4 Å². The molecule has 0 bridgehead atoms. The van der Waals surface area contributed by atoms with Crippen molar-refractivity contribution < 1.29 is 4.79 Å². The second kappa shape index (κ2) is 10.6. The summed E-state index contributed by atoms with van der Waals surface area (Å²) in [4.78, 5) is 14.4. The lowest BCUT2D eigenvalue weighted by atomic mass is 10.0. The van der Waals surface area contributed by atoms with Crippen LogP contribution in [-0.4, -0.2) is 50.6 Å². The summed E-state index contributed by atoms with van der Waals surface area (Å²) in [5, 5.41) is 6.12. The number of nitrogens with zero attached hydrogens (tertiary/aromatic N) is 1. The van der Waals surface area contributed by atoms with E-state index in [4.69, 9.17) is 0 Å². The van der Waals surface area contributed by atoms with E-state index in [2.05, 4.69) is 36.4 Å². The first-order valence-corrected chi connectivity index (χ1v) is 7.27. The minimum Gasteiger partial charge on any atom is -0.351 e. The third-order valence-electron chi connectivity index (χ3n) is 3.54. The first-order chi connectivity index (χ1) is 9.56. The zero-order chi connectivity index (χ0) is 15.0. The largest absolute Gasteiger partial charge is 0.351 e. The summed E-state index contributed by atoms with van der Waals surface area (Å²) in [6.07, 6.45) is 0.867. The molecule has 0 heterocycles. The van der Waals surface area contributed by atoms with Crippen LogP contribution in [-0.2, 0) is 6.42 Å². The highest BCUT2D eigenvalue weighted by atomic mass is 35.5. The van der Waals surface area contributed by atoms with Gasteiger partial charge in [-0.05, 0) is 52.5 Å². The van der Waals surface area contributed by atoms with Gasteiger partial charge in [0.05, 0.1) is 0 Å². The van der Waals surface area contributed by atoms with Crippen LogP contribution < -0.4 is 10.6 Å². The predicted octanol–water partition coefficient (Wildman–Crippen LogP) is 1.94. The van der Waals surface area contributed by atoms with Crippen LogP contribution in [0.1, 0.15) is 29.8 Å². The second-order valence-electron chi connectivity index (χ2n) is 5.34. The first kappa shape index (κ1) is 19.9. The van der Waals surface area contributed by atoms with E-state index in [1.807, 2.05) is 31.3 Å². The van der Waals surface area contributed by atoms with Crippen LogP contribution in [0.2, 0.25) is 0 Å². The van der Waals surface area contributed by atoms with Crippen LogP contribution in [0.25, 0.3) is 0 Å². The quantitative estimate of drug-likeness (QED) is 0.771. The third kappa shape index (κ3) is 6.93. The molecule has 0 aromatic heterocycles. The van der Waals surface area contributed by atoms with Gasteiger partial charge in [-0.25, -0.2) is 0 Å². The average Bonchev–Trinajstić information content (AvgIpc) is 2.45. The molecule has 0 saturated carbocycles. The summed E-state index contributed by atoms with van der Waals surface area (Å²) < 4.78 is 0. The van der Waals surface area contributed by atoms with E-state index in [0.29, 0.717) is 12.6 Å². The Morgan fingerprint density at radius 1 is 1.24 bits per heavy atom. The lowest BCUT2D eigenvalue weighted by molar-refractivity contribution is 0.0947. The number of hydrogen-bond donors (Lipinski definition) is 2. The van der Waals surface area contributed by atoms with Gasteiger partial charge in [0.2, 0.25) is 0 Å². The van der Waals surface area contributed by atoms with Gasteiger partial charge < -0.3 is 15.5 Å². The van der Waals surface area contributed by atoms with Crippen LogP contribution in [0.15, 0.2) is 24.3 Å². The topological polar surface area (TPSA) is 44.4 Å². The number of halogens is 1. The van der Waals surface area contributed by atoms with Gasteiger partial charge >= 0.3 is 0 Å². The molecule has 4 nitrogen and oxygen atoms in total. The van der Waals surface area contributed by atoms with Crippen LogP contribution >= 0.6 is 12.4 Å². The molecule has 0 unspecified atom stereocenters. The van der Waals surface area contributed by atoms with Gasteiger partial charge in [0, 0.05) is 24.7 Å². The van der Waals surface area contributed by atoms with E-state index in [9.17, 15) is 4.79 Å². The Kier molecular flexibility index (Phi) is 10.0. The molecule has 0 fully saturated rings. The fourth-order valence-electron chi connectivity index (χ4n) is 1.92. The maximum absolute atomic E-state index is 12.2. The molecule has 1 aromatic rings. The van der Waals surface area contributed by atoms with Gasteiger partial charge in [0.1, 0.15) is 0 Å². The summed E-state index contributed by atoms with van der Waals surface area (Å²) in [5.41, 5.74) is 1.88. The number of carbonyl (C=O) groups excluding carboxylic acids is 1. The van der Waals surface area contributed by atoms with Crippen molar-refractivity contribution in [3.05, 3.63) is 35.4 Å². The van der Waals surface area contributed by atoms with Crippen molar-refractivity contribution in [2.45, 2.75) is 26.3 Å². The minimum absolute atomic E-state index is 0. The maximum Gasteiger partial charge on any atom is 0.251 e. The lowest BCUT2D eigenvalue weighted by Crippen LogP contribution is -2.36. The maximum atomic E-state index is 12.2. The normalized spacial score (nSPS) is 10.6. The van der Waals surface area contributed by atoms with Gasteiger partial charge in [-0.3, -0.25) is 4.79 Å². The van der Waals surface area contributed by atoms with E-state index in [1.165, 1.54) is 0 Å². The molecule has 0 aliphatic heterocycles. The Morgan fingerprint density at radius 3 is 2.52 bits per heavy atom. The molecule has 0 aliphatic rings. The zero-order valence-corrected chi connectivity index (χ0v) is 14.3. The zero-order valence-electron chi connectivity index (χ0n) is 13.5. The van der Waals surface area contributed by atoms with Gasteiger partial charge in [0.15, 0.2) is 0 Å². The number of rotatable bonds is 8. The Labute approximate surface area is 134 Å². The van der Waals surface area contributed by atoms with E-state index in [-0.39, 0.29) is 18.3 Å². The molecule has 0 aliphatic carbocycles. The number of likely N-dealkylation sites (N-methyl/N-ethyl adjacent to an activating group) is 2. The minimum atomic E-state index is 0. The van der Waals surface area contributed by atoms with Crippen molar-refractivity contribution in [1.29, 1.82) is 0 Å². The van der Waals surface area contributed by atoms with Crippen molar-refractivity contribution >= 4 is 18.3 Å². The molecular weight excluding hydrogens is 286 g/mol. The SMILES string of the molecule is CNCCc1ccccc1C(=O)NCCN(C)C(C)C.Cl. The number of benzene rings is 1. The van der Waals surface area contributed by atoms with Crippen LogP contribution in [0.5, 0.6) is 0 Å². The Morgan fingerprint density at radius 2 is 1.90 bits per heavy atom. The molecule has 21 heavy (non-hydrogen) atoms. The van der Waals surface area contributed by atoms with Gasteiger partial charge in [-0.2, -0.15) is 0 Å². The summed E-state index contributed by atoms with van der Waals surface area (Å²) in [6.45, 7) is 6.71. The van der Waals surface area contributed by atoms with Crippen LogP contribution in [0.3, 0.4) is 0 Å². The van der Waals surface area contributed by atoms with E-state index >= 15 is 0 Å². The fraction of sp³-hybridized carbons (Fsp3) is 0.562. The predicted molar refractivity (Wildman–Crippen MR) is 91.4 cm³/mol. The lowest BCUT2D eigenvalue weighted by Gasteiger charge is -2.21. The number of carbonyl (C=O) groups is 1. The highest BCUT2D eigenvalue weighted by Gasteiger charge is 2.10.